The number of halogens is 1. The molecule has 138 valence electrons. The second-order valence-electron chi connectivity index (χ2n) is 5.64. The average Bonchev–Trinajstić information content (AvgIpc) is 2.61. The van der Waals surface area contributed by atoms with Crippen LogP contribution in [0.1, 0.15) is 24.2 Å². The van der Waals surface area contributed by atoms with Gasteiger partial charge in [0.25, 0.3) is 5.91 Å². The minimum absolute atomic E-state index is 0.0189. The second-order valence-corrected chi connectivity index (χ2v) is 5.64. The van der Waals surface area contributed by atoms with Crippen molar-refractivity contribution >= 4 is 17.6 Å². The summed E-state index contributed by atoms with van der Waals surface area (Å²) in [7, 11) is 1.46. The maximum atomic E-state index is 13.5. The summed E-state index contributed by atoms with van der Waals surface area (Å²) in [4.78, 5) is 23.9. The number of nitrogens with one attached hydrogen (secondary N) is 1. The highest BCUT2D eigenvalue weighted by Gasteiger charge is 2.15. The topological polar surface area (TPSA) is 73.9 Å². The smallest absolute Gasteiger partial charge is 0.338 e. The van der Waals surface area contributed by atoms with Crippen molar-refractivity contribution in [3.8, 4) is 11.5 Å². The first kappa shape index (κ1) is 19.2. The highest BCUT2D eigenvalue weighted by atomic mass is 19.1. The number of carbonyl (C=O) groups is 2. The number of benzene rings is 2. The van der Waals surface area contributed by atoms with Crippen LogP contribution in [0.5, 0.6) is 11.5 Å². The van der Waals surface area contributed by atoms with E-state index < -0.39 is 24.3 Å². The number of para-hydroxylation sites is 1. The summed E-state index contributed by atoms with van der Waals surface area (Å²) in [5, 5.41) is 2.33. The molecule has 0 aliphatic heterocycles. The molecule has 0 fully saturated rings. The Kier molecular flexibility index (Phi) is 6.54. The summed E-state index contributed by atoms with van der Waals surface area (Å²) in [5.41, 5.74) is 0.224. The van der Waals surface area contributed by atoms with Crippen molar-refractivity contribution in [2.75, 3.05) is 19.0 Å². The van der Waals surface area contributed by atoms with E-state index in [1.54, 1.807) is 12.1 Å². The number of carbonyl (C=O) groups excluding carboxylic acids is 2. The van der Waals surface area contributed by atoms with Crippen LogP contribution in [0.3, 0.4) is 0 Å². The standard InChI is InChI=1S/C19H20FNO5/c1-12(2)26-16-9-8-13(10-17(16)24-3)19(23)25-11-18(22)21-15-7-5-4-6-14(15)20/h4-10,12H,11H2,1-3H3,(H,21,22). The van der Waals surface area contributed by atoms with Crippen LogP contribution in [-0.2, 0) is 9.53 Å². The Hall–Kier alpha value is -3.09. The Bertz CT molecular complexity index is 791. The summed E-state index contributed by atoms with van der Waals surface area (Å²) < 4.78 is 29.2. The predicted molar refractivity (Wildman–Crippen MR) is 94.1 cm³/mol. The minimum Gasteiger partial charge on any atom is -0.493 e. The van der Waals surface area contributed by atoms with E-state index >= 15 is 0 Å². The summed E-state index contributed by atoms with van der Waals surface area (Å²) in [6, 6.07) is 10.3. The Morgan fingerprint density at radius 2 is 1.85 bits per heavy atom. The van der Waals surface area contributed by atoms with Crippen molar-refractivity contribution < 1.29 is 28.2 Å². The first-order valence-corrected chi connectivity index (χ1v) is 7.97. The van der Waals surface area contributed by atoms with Crippen molar-refractivity contribution in [3.63, 3.8) is 0 Å². The first-order valence-electron chi connectivity index (χ1n) is 7.97. The van der Waals surface area contributed by atoms with E-state index in [2.05, 4.69) is 5.32 Å². The summed E-state index contributed by atoms with van der Waals surface area (Å²) in [6.45, 7) is 3.20. The predicted octanol–water partition coefficient (Wildman–Crippen LogP) is 3.42. The molecule has 1 amide bonds. The molecule has 0 atom stereocenters. The van der Waals surface area contributed by atoms with Gasteiger partial charge in [-0.05, 0) is 44.2 Å². The van der Waals surface area contributed by atoms with Crippen molar-refractivity contribution in [1.29, 1.82) is 0 Å². The van der Waals surface area contributed by atoms with Crippen molar-refractivity contribution in [2.24, 2.45) is 0 Å². The molecule has 0 aliphatic rings. The highest BCUT2D eigenvalue weighted by molar-refractivity contribution is 5.95. The molecule has 0 saturated heterocycles. The van der Waals surface area contributed by atoms with E-state index in [4.69, 9.17) is 14.2 Å². The number of anilines is 1. The zero-order valence-electron chi connectivity index (χ0n) is 14.7. The fourth-order valence-electron chi connectivity index (χ4n) is 2.11. The Morgan fingerprint density at radius 3 is 2.50 bits per heavy atom. The van der Waals surface area contributed by atoms with Gasteiger partial charge in [0, 0.05) is 0 Å². The van der Waals surface area contributed by atoms with Gasteiger partial charge in [0.1, 0.15) is 5.82 Å². The van der Waals surface area contributed by atoms with Crippen LogP contribution < -0.4 is 14.8 Å². The van der Waals surface area contributed by atoms with Gasteiger partial charge in [0.15, 0.2) is 18.1 Å². The number of methoxy groups -OCH3 is 1. The Balaban J connectivity index is 1.97. The molecule has 2 aromatic rings. The van der Waals surface area contributed by atoms with Gasteiger partial charge in [-0.3, -0.25) is 4.79 Å². The maximum absolute atomic E-state index is 13.5. The molecule has 0 aromatic heterocycles. The maximum Gasteiger partial charge on any atom is 0.338 e. The van der Waals surface area contributed by atoms with Gasteiger partial charge in [-0.1, -0.05) is 12.1 Å². The van der Waals surface area contributed by atoms with Gasteiger partial charge in [-0.15, -0.1) is 0 Å². The number of rotatable bonds is 7. The molecule has 0 saturated carbocycles. The zero-order valence-corrected chi connectivity index (χ0v) is 14.7. The number of ether oxygens (including phenoxy) is 3. The van der Waals surface area contributed by atoms with Crippen LogP contribution in [-0.4, -0.2) is 31.7 Å². The molecular weight excluding hydrogens is 341 g/mol. The molecule has 6 nitrogen and oxygen atoms in total. The van der Waals surface area contributed by atoms with Gasteiger partial charge >= 0.3 is 5.97 Å². The van der Waals surface area contributed by atoms with Gasteiger partial charge < -0.3 is 19.5 Å². The minimum atomic E-state index is -0.705. The third-order valence-electron chi connectivity index (χ3n) is 3.24. The average molecular weight is 361 g/mol. The van der Waals surface area contributed by atoms with Crippen LogP contribution in [0.15, 0.2) is 42.5 Å². The monoisotopic (exact) mass is 361 g/mol. The highest BCUT2D eigenvalue weighted by Crippen LogP contribution is 2.29. The molecule has 7 heteroatoms. The molecule has 0 radical (unpaired) electrons. The third kappa shape index (κ3) is 5.20. The molecule has 26 heavy (non-hydrogen) atoms. The molecular formula is C19H20FNO5. The fourth-order valence-corrected chi connectivity index (χ4v) is 2.11. The van der Waals surface area contributed by atoms with Gasteiger partial charge in [-0.25, -0.2) is 9.18 Å². The van der Waals surface area contributed by atoms with Crippen molar-refractivity contribution in [1.82, 2.24) is 0 Å². The fraction of sp³-hybridized carbons (Fsp3) is 0.263. The number of amides is 1. The number of hydrogen-bond donors (Lipinski definition) is 1. The molecule has 2 aromatic carbocycles. The quantitative estimate of drug-likeness (QED) is 0.765. The van der Waals surface area contributed by atoms with Crippen LogP contribution >= 0.6 is 0 Å². The van der Waals surface area contributed by atoms with Crippen molar-refractivity contribution in [2.45, 2.75) is 20.0 Å². The Labute approximate surface area is 150 Å². The van der Waals surface area contributed by atoms with E-state index in [0.29, 0.717) is 11.5 Å². The largest absolute Gasteiger partial charge is 0.493 e. The molecule has 0 spiro atoms. The number of esters is 1. The normalized spacial score (nSPS) is 10.3. The van der Waals surface area contributed by atoms with Gasteiger partial charge in [-0.2, -0.15) is 0 Å². The Morgan fingerprint density at radius 1 is 1.12 bits per heavy atom. The molecule has 0 heterocycles. The lowest BCUT2D eigenvalue weighted by Crippen LogP contribution is -2.21. The van der Waals surface area contributed by atoms with E-state index in [-0.39, 0.29) is 17.4 Å². The van der Waals surface area contributed by atoms with Gasteiger partial charge in [0.2, 0.25) is 0 Å². The zero-order chi connectivity index (χ0) is 19.1. The van der Waals surface area contributed by atoms with Crippen LogP contribution in [0.4, 0.5) is 10.1 Å². The number of hydrogen-bond acceptors (Lipinski definition) is 5. The summed E-state index contributed by atoms with van der Waals surface area (Å²) in [5.74, 6) is -1.05. The van der Waals surface area contributed by atoms with E-state index in [1.165, 1.54) is 37.4 Å². The summed E-state index contributed by atoms with van der Waals surface area (Å²) >= 11 is 0. The lowest BCUT2D eigenvalue weighted by Gasteiger charge is -2.14. The van der Waals surface area contributed by atoms with Crippen LogP contribution in [0.25, 0.3) is 0 Å². The van der Waals surface area contributed by atoms with E-state index in [1.807, 2.05) is 13.8 Å². The summed E-state index contributed by atoms with van der Waals surface area (Å²) in [6.07, 6.45) is -0.0521. The van der Waals surface area contributed by atoms with Crippen LogP contribution in [0.2, 0.25) is 0 Å². The lowest BCUT2D eigenvalue weighted by molar-refractivity contribution is -0.119. The van der Waals surface area contributed by atoms with Crippen LogP contribution in [0, 0.1) is 5.82 Å². The lowest BCUT2D eigenvalue weighted by atomic mass is 10.2. The first-order chi connectivity index (χ1) is 12.4. The second kappa shape index (κ2) is 8.84. The van der Waals surface area contributed by atoms with E-state index in [9.17, 15) is 14.0 Å². The van der Waals surface area contributed by atoms with Gasteiger partial charge in [0.05, 0.1) is 24.5 Å². The van der Waals surface area contributed by atoms with Crippen molar-refractivity contribution in [3.05, 3.63) is 53.8 Å². The molecule has 1 N–H and O–H groups in total. The SMILES string of the molecule is COc1cc(C(=O)OCC(=O)Nc2ccccc2F)ccc1OC(C)C. The van der Waals surface area contributed by atoms with E-state index in [0.717, 1.165) is 0 Å². The molecule has 2 rings (SSSR count). The molecule has 0 unspecified atom stereocenters. The third-order valence-corrected chi connectivity index (χ3v) is 3.24. The molecule has 0 bridgehead atoms. The molecule has 0 aliphatic carbocycles.